The number of aliphatic hydroxyl groups is 4. The first-order valence-corrected chi connectivity index (χ1v) is 46.1. The fraction of sp³-hybridized carbons (Fsp3) is 0.433. The fourth-order valence-electron chi connectivity index (χ4n) is 14.5. The number of aliphatic hydroxyl groups excluding tert-OH is 4. The minimum absolute atomic E-state index is 0.00398. The largest absolute Gasteiger partial charge is 0.595 e. The molecule has 0 aliphatic carbocycles. The molecule has 33 nitrogen and oxygen atoms in total. The summed E-state index contributed by atoms with van der Waals surface area (Å²) in [4.78, 5) is 65.0. The summed E-state index contributed by atoms with van der Waals surface area (Å²) in [5, 5.41) is 87.0. The molecule has 13 N–H and O–H groups in total. The number of aromatic nitrogens is 6. The summed E-state index contributed by atoms with van der Waals surface area (Å²) in [5.41, 5.74) is 8.89. The SMILES string of the molecule is CC(C)(C)OC(=N)[O-].CC(C)(C)OC(=N)[O-].CCN(C(C)C)C(C)C.COc1ccc(-c2nc(C(=O)NC(CO)c3ccccc3)c(C[C@@H](C)OC(C)(C)C)o2)c2ccc(C(F)(F)F)nc12.COc1ccc(-c2nc(C(=O)NC(CO)c3ccccc3)c([C@@H](N)[C@@H](C)O)o2)c2ccc(C(F)(F)F)nc12.COc1ccc(-c2nc(C(=O)O)c(C[C@@H](C)OC(C)(C)C)o2)c2ccc(C(F)(F)F)nc12.NC(CO)c1ccccc1. The van der Waals surface area contributed by atoms with E-state index in [1.807, 2.05) is 84.9 Å². The summed E-state index contributed by atoms with van der Waals surface area (Å²) < 4.78 is 174. The van der Waals surface area contributed by atoms with Gasteiger partial charge in [-0.2, -0.15) is 39.5 Å². The number of alkyl halides is 9. The van der Waals surface area contributed by atoms with E-state index in [9.17, 15) is 84.5 Å². The number of nitrogens with zero attached hydrogens (tertiary/aromatic N) is 7. The highest BCUT2D eigenvalue weighted by Crippen LogP contribution is 2.43. The van der Waals surface area contributed by atoms with Gasteiger partial charge in [-0.05, 0) is 186 Å². The number of aromatic carboxylic acids is 1. The van der Waals surface area contributed by atoms with E-state index in [1.54, 1.807) is 109 Å². The molecule has 0 radical (unpaired) electrons. The second kappa shape index (κ2) is 53.1. The number of nitrogens with one attached hydrogen (secondary N) is 4. The Morgan fingerprint density at radius 3 is 1.00 bits per heavy atom. The molecule has 0 spiro atoms. The van der Waals surface area contributed by atoms with Gasteiger partial charge < -0.3 is 104 Å². The van der Waals surface area contributed by atoms with Crippen molar-refractivity contribution in [1.29, 1.82) is 10.8 Å². The van der Waals surface area contributed by atoms with Gasteiger partial charge in [0.15, 0.2) is 22.8 Å². The number of carboxylic acid groups (broad SMARTS) is 1. The Hall–Kier alpha value is -13.5. The van der Waals surface area contributed by atoms with Gasteiger partial charge in [0.2, 0.25) is 17.7 Å². The molecule has 2 amide bonds. The Morgan fingerprint density at radius 2 is 0.740 bits per heavy atom. The predicted octanol–water partition coefficient (Wildman–Crippen LogP) is 18.2. The molecule has 0 aliphatic rings. The highest BCUT2D eigenvalue weighted by atomic mass is 19.4. The van der Waals surface area contributed by atoms with Gasteiger partial charge in [0.1, 0.15) is 74.6 Å². The molecule has 0 saturated carbocycles. The molecule has 12 rings (SSSR count). The van der Waals surface area contributed by atoms with Crippen LogP contribution in [0.15, 0.2) is 177 Å². The molecule has 796 valence electrons. The van der Waals surface area contributed by atoms with E-state index in [2.05, 4.69) is 89.5 Å². The van der Waals surface area contributed by atoms with Crippen molar-refractivity contribution in [3.05, 3.63) is 232 Å². The Morgan fingerprint density at radius 1 is 0.432 bits per heavy atom. The van der Waals surface area contributed by atoms with Crippen LogP contribution in [0.2, 0.25) is 0 Å². The van der Waals surface area contributed by atoms with Crippen molar-refractivity contribution in [1.82, 2.24) is 45.4 Å². The highest BCUT2D eigenvalue weighted by Gasteiger charge is 2.39. The van der Waals surface area contributed by atoms with Crippen LogP contribution in [0.1, 0.15) is 245 Å². The van der Waals surface area contributed by atoms with Gasteiger partial charge in [-0.25, -0.2) is 34.7 Å². The zero-order chi connectivity index (χ0) is 110. The van der Waals surface area contributed by atoms with E-state index in [0.29, 0.717) is 39.7 Å². The number of carboxylic acids is 1. The molecule has 6 aromatic carbocycles. The first-order chi connectivity index (χ1) is 67.9. The summed E-state index contributed by atoms with van der Waals surface area (Å²) in [6.45, 7) is 38.3. The molecule has 0 bridgehead atoms. The van der Waals surface area contributed by atoms with E-state index in [1.165, 1.54) is 76.8 Å². The lowest BCUT2D eigenvalue weighted by Gasteiger charge is -2.28. The number of ether oxygens (including phenoxy) is 7. The van der Waals surface area contributed by atoms with Crippen LogP contribution in [-0.4, -0.2) is 191 Å². The molecule has 0 fully saturated rings. The smallest absolute Gasteiger partial charge is 0.433 e. The average Bonchev–Trinajstić information content (AvgIpc) is 1.50. The van der Waals surface area contributed by atoms with Crippen LogP contribution in [0.25, 0.3) is 67.1 Å². The number of methoxy groups -OCH3 is 3. The average molecular weight is 2050 g/mol. The number of pyridine rings is 3. The number of halogens is 9. The molecule has 7 atom stereocenters. The molecule has 146 heavy (non-hydrogen) atoms. The lowest BCUT2D eigenvalue weighted by molar-refractivity contribution is -0.263. The molecule has 6 heterocycles. The third-order valence-electron chi connectivity index (χ3n) is 20.5. The highest BCUT2D eigenvalue weighted by molar-refractivity contribution is 6.01. The number of hydrogen-bond acceptors (Lipinski definition) is 30. The number of hydrogen-bond donors (Lipinski definition) is 11. The van der Waals surface area contributed by atoms with Crippen LogP contribution < -0.4 is 46.5 Å². The standard InChI is InChI=1S/C30H32F3N3O5.C26H25F3N4O5.C22H23F3N2O5.C8H11NO.C8H19N.2C5H11NO2/c1-17(41-29(2,3)4)15-23-26(27(38)34-21(16-37)18-9-7-6-8-10-18)36-28(40-23)20-11-13-22(39-5)25-19(20)12-14-24(35-25)30(31,32)33;1-13(35)20(30)23-22(24(36)31-17(12-34)14-6-4-3-5-7-14)33-25(38-23)16-8-10-18(37-2)21-15(16)9-11-19(32-21)26(27,28)29;1-11(32-21(2,3)4)10-15-18(20(28)29)27-19(31-15)13-6-8-14(30-5)17-12(13)7-9-16(26-17)22(23,24)25;9-8(6-10)7-4-2-1-3-5-7;1-6-9(7(2)3)8(4)5;2*1-5(2,3)8-4(6)7/h6-14,17,21,37H,15-16H2,1-5H3,(H,34,38);3-11,13,17,20,34-35H,12,30H2,1-2H3,(H,31,36);6-9,11H,10H2,1-5H3,(H,28,29);1-5,8,10H,6,9H2;7-8H,6H2,1-5H3;2*1-3H3,(H2,6,7)/p-2/t17-,21?;13-,17?,20+;11-;;;;/m111..../s1. The quantitative estimate of drug-likeness (QED) is 0.0123. The van der Waals surface area contributed by atoms with Gasteiger partial charge in [-0.3, -0.25) is 25.3 Å². The van der Waals surface area contributed by atoms with E-state index < -0.39 is 119 Å². The molecule has 0 saturated heterocycles. The third kappa shape index (κ3) is 36.6. The van der Waals surface area contributed by atoms with Crippen LogP contribution in [0.5, 0.6) is 17.2 Å². The Balaban J connectivity index is 0.000000287. The van der Waals surface area contributed by atoms with Gasteiger partial charge in [0.25, 0.3) is 11.8 Å². The predicted molar refractivity (Wildman–Crippen MR) is 528 cm³/mol. The van der Waals surface area contributed by atoms with E-state index >= 15 is 0 Å². The molecular formula is C104H130F9N13O20-2. The minimum atomic E-state index is -4.68. The van der Waals surface area contributed by atoms with Crippen LogP contribution in [-0.2, 0) is 50.3 Å². The van der Waals surface area contributed by atoms with Crippen LogP contribution in [0.3, 0.4) is 0 Å². The van der Waals surface area contributed by atoms with E-state index in [-0.39, 0.29) is 146 Å². The normalized spacial score (nSPS) is 13.3. The topological polar surface area (TPSA) is 507 Å². The maximum atomic E-state index is 13.5. The van der Waals surface area contributed by atoms with Crippen molar-refractivity contribution in [2.75, 3.05) is 47.7 Å². The lowest BCUT2D eigenvalue weighted by atomic mass is 10.1. The second-order valence-electron chi connectivity index (χ2n) is 37.6. The number of carbonyl (C=O) groups excluding carboxylic acids is 2. The number of amides is 2. The van der Waals surface area contributed by atoms with Crippen LogP contribution in [0.4, 0.5) is 39.5 Å². The second-order valence-corrected chi connectivity index (χ2v) is 37.6. The van der Waals surface area contributed by atoms with Gasteiger partial charge in [0.05, 0.1) is 94.8 Å². The number of carbonyl (C=O) groups is 3. The Kier molecular flexibility index (Phi) is 44.1. The van der Waals surface area contributed by atoms with Gasteiger partial charge in [-0.15, -0.1) is 0 Å². The van der Waals surface area contributed by atoms with Crippen LogP contribution in [0, 0.1) is 10.8 Å². The molecule has 3 unspecified atom stereocenters. The number of fused-ring (bicyclic) bond motifs is 3. The van der Waals surface area contributed by atoms with Crippen LogP contribution >= 0.6 is 0 Å². The number of rotatable bonds is 28. The number of oxazole rings is 3. The van der Waals surface area contributed by atoms with E-state index in [4.69, 9.17) is 64.3 Å². The monoisotopic (exact) mass is 2050 g/mol. The van der Waals surface area contributed by atoms with Crippen molar-refractivity contribution >= 4 is 62.7 Å². The first-order valence-electron chi connectivity index (χ1n) is 46.1. The third-order valence-corrected chi connectivity index (χ3v) is 20.5. The summed E-state index contributed by atoms with van der Waals surface area (Å²) in [5.74, 6) is -2.21. The first kappa shape index (κ1) is 121. The zero-order valence-electron chi connectivity index (χ0n) is 85.6. The molecule has 12 aromatic rings. The van der Waals surface area contributed by atoms with Crippen molar-refractivity contribution < 1.29 is 136 Å². The minimum Gasteiger partial charge on any atom is -0.595 e. The fourth-order valence-corrected chi connectivity index (χ4v) is 14.5. The van der Waals surface area contributed by atoms with E-state index in [0.717, 1.165) is 30.3 Å². The maximum Gasteiger partial charge on any atom is 0.433 e. The summed E-state index contributed by atoms with van der Waals surface area (Å²) in [6, 6.07) is 40.9. The molecule has 0 aliphatic heterocycles. The number of nitrogens with two attached hydrogens (primary N) is 2. The van der Waals surface area contributed by atoms with Crippen molar-refractivity contribution in [2.45, 2.75) is 247 Å². The van der Waals surface area contributed by atoms with Crippen molar-refractivity contribution in [3.63, 3.8) is 0 Å². The van der Waals surface area contributed by atoms with Gasteiger partial charge in [-0.1, -0.05) is 139 Å². The van der Waals surface area contributed by atoms with Gasteiger partial charge >= 0.3 is 24.5 Å². The zero-order valence-corrected chi connectivity index (χ0v) is 85.6. The number of benzene rings is 6. The van der Waals surface area contributed by atoms with Crippen molar-refractivity contribution in [3.8, 4) is 51.6 Å². The lowest BCUT2D eigenvalue weighted by Crippen LogP contribution is -2.36. The summed E-state index contributed by atoms with van der Waals surface area (Å²) in [7, 11) is 3.95. The maximum absolute atomic E-state index is 13.5. The Bertz CT molecular complexity index is 6200. The summed E-state index contributed by atoms with van der Waals surface area (Å²) >= 11 is 0. The van der Waals surface area contributed by atoms with Crippen molar-refractivity contribution in [2.24, 2.45) is 11.5 Å². The Labute approximate surface area is 840 Å². The molecule has 42 heteroatoms. The summed E-state index contributed by atoms with van der Waals surface area (Å²) in [6.07, 6.45) is -17.4. The van der Waals surface area contributed by atoms with Gasteiger partial charge in [0, 0.05) is 69.0 Å². The molecular weight excluding hydrogens is 1920 g/mol. The molecule has 6 aromatic heterocycles.